The third kappa shape index (κ3) is 3.61. The van der Waals surface area contributed by atoms with Crippen LogP contribution in [0.15, 0.2) is 64.3 Å². The van der Waals surface area contributed by atoms with E-state index >= 15 is 0 Å². The van der Waals surface area contributed by atoms with Gasteiger partial charge in [-0.1, -0.05) is 17.3 Å². The summed E-state index contributed by atoms with van der Waals surface area (Å²) in [6, 6.07) is 12.0. The first-order chi connectivity index (χ1) is 14.0. The molecule has 4 aromatic rings. The maximum atomic E-state index is 13.0. The van der Waals surface area contributed by atoms with Gasteiger partial charge in [0.25, 0.3) is 10.0 Å². The topological polar surface area (TPSA) is 108 Å². The molecule has 2 aromatic heterocycles. The average Bonchev–Trinajstić information content (AvgIpc) is 3.37. The average molecular weight is 414 g/mol. The van der Waals surface area contributed by atoms with Crippen LogP contribution < -0.4 is 14.2 Å². The molecule has 0 aliphatic rings. The van der Waals surface area contributed by atoms with Crippen LogP contribution in [0.3, 0.4) is 0 Å². The summed E-state index contributed by atoms with van der Waals surface area (Å²) in [5.74, 6) is 0.399. The van der Waals surface area contributed by atoms with Crippen LogP contribution in [0.25, 0.3) is 11.0 Å². The van der Waals surface area contributed by atoms with E-state index in [2.05, 4.69) is 15.0 Å². The van der Waals surface area contributed by atoms with Gasteiger partial charge in [-0.3, -0.25) is 9.40 Å². The van der Waals surface area contributed by atoms with Crippen molar-refractivity contribution < 1.29 is 22.4 Å². The molecule has 0 aliphatic heterocycles. The molecule has 0 amide bonds. The van der Waals surface area contributed by atoms with E-state index in [1.54, 1.807) is 41.2 Å². The minimum atomic E-state index is -4.05. The Balaban J connectivity index is 1.67. The molecule has 2 heterocycles. The maximum absolute atomic E-state index is 13.0. The number of rotatable bonds is 7. The molecule has 150 valence electrons. The number of sulfonamides is 1. The van der Waals surface area contributed by atoms with Gasteiger partial charge in [0.15, 0.2) is 16.3 Å². The van der Waals surface area contributed by atoms with Crippen molar-refractivity contribution in [3.63, 3.8) is 0 Å². The highest BCUT2D eigenvalue weighted by atomic mass is 32.2. The van der Waals surface area contributed by atoms with Gasteiger partial charge in [-0.2, -0.15) is 5.10 Å². The van der Waals surface area contributed by atoms with Crippen molar-refractivity contribution in [2.24, 2.45) is 0 Å². The molecule has 0 fully saturated rings. The standard InChI is InChI=1S/C19H18N4O5S/c1-26-15-5-3-6-16(27-2)18(15)29(24,25)22-19-14-8-7-13(11-17(14)28-21-19)12-23-10-4-9-20-23/h3-11H,12H2,1-2H3,(H,21,22). The minimum absolute atomic E-state index is 0.0820. The van der Waals surface area contributed by atoms with E-state index in [0.717, 1.165) is 5.56 Å². The lowest BCUT2D eigenvalue weighted by molar-refractivity contribution is 0.373. The van der Waals surface area contributed by atoms with E-state index in [-0.39, 0.29) is 22.2 Å². The van der Waals surface area contributed by atoms with Crippen LogP contribution in [0.4, 0.5) is 5.82 Å². The summed E-state index contributed by atoms with van der Waals surface area (Å²) in [6.45, 7) is 0.559. The quantitative estimate of drug-likeness (QED) is 0.495. The maximum Gasteiger partial charge on any atom is 0.270 e. The number of nitrogens with zero attached hydrogens (tertiary/aromatic N) is 3. The predicted octanol–water partition coefficient (Wildman–Crippen LogP) is 2.89. The number of fused-ring (bicyclic) bond motifs is 1. The summed E-state index contributed by atoms with van der Waals surface area (Å²) in [4.78, 5) is -0.114. The third-order valence-electron chi connectivity index (χ3n) is 4.32. The lowest BCUT2D eigenvalue weighted by atomic mass is 10.1. The number of hydrogen-bond acceptors (Lipinski definition) is 7. The molecule has 1 N–H and O–H groups in total. The van der Waals surface area contributed by atoms with Crippen LogP contribution in [0.1, 0.15) is 5.56 Å². The fourth-order valence-electron chi connectivity index (χ4n) is 3.00. The summed E-state index contributed by atoms with van der Waals surface area (Å²) >= 11 is 0. The Morgan fingerprint density at radius 2 is 1.86 bits per heavy atom. The Bertz CT molecular complexity index is 1230. The van der Waals surface area contributed by atoms with Crippen LogP contribution in [0, 0.1) is 0 Å². The van der Waals surface area contributed by atoms with Gasteiger partial charge in [0.1, 0.15) is 11.5 Å². The van der Waals surface area contributed by atoms with Gasteiger partial charge in [-0.15, -0.1) is 0 Å². The summed E-state index contributed by atoms with van der Waals surface area (Å²) in [5.41, 5.74) is 1.40. The van der Waals surface area contributed by atoms with Gasteiger partial charge in [-0.05, 0) is 35.9 Å². The third-order valence-corrected chi connectivity index (χ3v) is 5.72. The molecule has 9 nitrogen and oxygen atoms in total. The van der Waals surface area contributed by atoms with Crippen molar-refractivity contribution in [1.82, 2.24) is 14.9 Å². The Morgan fingerprint density at radius 1 is 1.10 bits per heavy atom. The smallest absolute Gasteiger partial charge is 0.270 e. The first kappa shape index (κ1) is 18.8. The lowest BCUT2D eigenvalue weighted by Gasteiger charge is -2.13. The summed E-state index contributed by atoms with van der Waals surface area (Å²) < 4.78 is 46.0. The molecule has 0 saturated heterocycles. The fraction of sp³-hybridized carbons (Fsp3) is 0.158. The highest BCUT2D eigenvalue weighted by Crippen LogP contribution is 2.35. The van der Waals surface area contributed by atoms with Crippen LogP contribution in [0.2, 0.25) is 0 Å². The van der Waals surface area contributed by atoms with Gasteiger partial charge >= 0.3 is 0 Å². The first-order valence-corrected chi connectivity index (χ1v) is 10.1. The van der Waals surface area contributed by atoms with Crippen LogP contribution in [-0.2, 0) is 16.6 Å². The van der Waals surface area contributed by atoms with Crippen molar-refractivity contribution in [3.05, 3.63) is 60.4 Å². The number of benzene rings is 2. The van der Waals surface area contributed by atoms with E-state index in [4.69, 9.17) is 14.0 Å². The summed E-state index contributed by atoms with van der Waals surface area (Å²) in [6.07, 6.45) is 3.55. The van der Waals surface area contributed by atoms with Gasteiger partial charge in [-0.25, -0.2) is 8.42 Å². The predicted molar refractivity (Wildman–Crippen MR) is 106 cm³/mol. The molecule has 0 unspecified atom stereocenters. The van der Waals surface area contributed by atoms with Crippen LogP contribution >= 0.6 is 0 Å². The summed E-state index contributed by atoms with van der Waals surface area (Å²) in [5, 5.41) is 8.59. The van der Waals surface area contributed by atoms with Crippen molar-refractivity contribution >= 4 is 26.8 Å². The van der Waals surface area contributed by atoms with E-state index in [1.165, 1.54) is 14.2 Å². The van der Waals surface area contributed by atoms with Gasteiger partial charge in [0, 0.05) is 12.4 Å². The van der Waals surface area contributed by atoms with Crippen molar-refractivity contribution in [3.8, 4) is 11.5 Å². The summed E-state index contributed by atoms with van der Waals surface area (Å²) in [7, 11) is -1.27. The highest BCUT2D eigenvalue weighted by Gasteiger charge is 2.26. The number of anilines is 1. The number of nitrogens with one attached hydrogen (secondary N) is 1. The zero-order valence-electron chi connectivity index (χ0n) is 15.7. The molecule has 2 aromatic carbocycles. The molecule has 4 rings (SSSR count). The number of methoxy groups -OCH3 is 2. The number of hydrogen-bond donors (Lipinski definition) is 1. The van der Waals surface area contributed by atoms with Gasteiger partial charge in [0.2, 0.25) is 0 Å². The normalized spacial score (nSPS) is 11.5. The molecule has 0 spiro atoms. The zero-order chi connectivity index (χ0) is 20.4. The van der Waals surface area contributed by atoms with Crippen molar-refractivity contribution in [1.29, 1.82) is 0 Å². The number of ether oxygens (including phenoxy) is 2. The van der Waals surface area contributed by atoms with Gasteiger partial charge in [0.05, 0.1) is 26.2 Å². The second-order valence-electron chi connectivity index (χ2n) is 6.16. The molecule has 0 atom stereocenters. The van der Waals surface area contributed by atoms with E-state index < -0.39 is 10.0 Å². The van der Waals surface area contributed by atoms with Crippen LogP contribution in [-0.4, -0.2) is 37.6 Å². The molecular formula is C19H18N4O5S. The molecular weight excluding hydrogens is 396 g/mol. The highest BCUT2D eigenvalue weighted by molar-refractivity contribution is 7.93. The van der Waals surface area contributed by atoms with Crippen LogP contribution in [0.5, 0.6) is 11.5 Å². The molecule has 0 saturated carbocycles. The van der Waals surface area contributed by atoms with Crippen molar-refractivity contribution in [2.45, 2.75) is 11.4 Å². The number of aromatic nitrogens is 3. The fourth-order valence-corrected chi connectivity index (χ4v) is 4.33. The Labute approximate surface area is 166 Å². The largest absolute Gasteiger partial charge is 0.495 e. The van der Waals surface area contributed by atoms with Gasteiger partial charge < -0.3 is 14.0 Å². The SMILES string of the molecule is COc1cccc(OC)c1S(=O)(=O)Nc1noc2cc(Cn3cccn3)ccc12. The Hall–Kier alpha value is -3.53. The zero-order valence-corrected chi connectivity index (χ0v) is 16.5. The lowest BCUT2D eigenvalue weighted by Crippen LogP contribution is -2.15. The second kappa shape index (κ2) is 7.47. The molecule has 10 heteroatoms. The minimum Gasteiger partial charge on any atom is -0.495 e. The van der Waals surface area contributed by atoms with Crippen molar-refractivity contribution in [2.75, 3.05) is 18.9 Å². The Kier molecular flexibility index (Phi) is 4.85. The molecule has 0 bridgehead atoms. The monoisotopic (exact) mass is 414 g/mol. The first-order valence-electron chi connectivity index (χ1n) is 8.61. The molecule has 0 aliphatic carbocycles. The molecule has 29 heavy (non-hydrogen) atoms. The Morgan fingerprint density at radius 3 is 2.52 bits per heavy atom. The van der Waals surface area contributed by atoms with E-state index in [0.29, 0.717) is 17.5 Å². The molecule has 0 radical (unpaired) electrons. The second-order valence-corrected chi connectivity index (χ2v) is 7.78. The van der Waals surface area contributed by atoms with E-state index in [1.807, 2.05) is 18.3 Å². The van der Waals surface area contributed by atoms with E-state index in [9.17, 15) is 8.42 Å².